The number of benzene rings is 1. The van der Waals surface area contributed by atoms with E-state index in [9.17, 15) is 9.70 Å². The second-order valence-corrected chi connectivity index (χ2v) is 9.42. The molecule has 11 nitrogen and oxygen atoms in total. The third kappa shape index (κ3) is 5.24. The van der Waals surface area contributed by atoms with E-state index in [2.05, 4.69) is 20.2 Å². The number of nitrogens with zero attached hydrogens (tertiary/aromatic N) is 7. The summed E-state index contributed by atoms with van der Waals surface area (Å²) in [4.78, 5) is 32.1. The first-order valence-electron chi connectivity index (χ1n) is 11.4. The van der Waals surface area contributed by atoms with Crippen molar-refractivity contribution < 1.29 is 9.53 Å². The van der Waals surface area contributed by atoms with Gasteiger partial charge in [0.2, 0.25) is 0 Å². The first-order chi connectivity index (χ1) is 17.4. The number of aromatic nitrogens is 2. The number of pyridine rings is 1. The number of hydrogen-bond donors (Lipinski definition) is 1. The summed E-state index contributed by atoms with van der Waals surface area (Å²) in [6.07, 6.45) is 5.25. The zero-order valence-electron chi connectivity index (χ0n) is 19.3. The molecule has 0 bridgehead atoms. The molecule has 1 aliphatic carbocycles. The van der Waals surface area contributed by atoms with Gasteiger partial charge in [0.15, 0.2) is 11.4 Å². The quantitative estimate of drug-likeness (QED) is 0.0665. The van der Waals surface area contributed by atoms with Crippen molar-refractivity contribution in [2.75, 3.05) is 6.54 Å². The summed E-state index contributed by atoms with van der Waals surface area (Å²) >= 11 is 12.4. The van der Waals surface area contributed by atoms with Crippen LogP contribution in [0.1, 0.15) is 53.8 Å². The zero-order valence-corrected chi connectivity index (χ0v) is 20.8. The Kier molecular flexibility index (Phi) is 7.95. The molecule has 13 heteroatoms. The van der Waals surface area contributed by atoms with Crippen molar-refractivity contribution in [1.82, 2.24) is 14.4 Å². The topological polar surface area (TPSA) is 151 Å². The van der Waals surface area contributed by atoms with Gasteiger partial charge in [-0.2, -0.15) is 4.91 Å². The summed E-state index contributed by atoms with van der Waals surface area (Å²) < 4.78 is 7.51. The third-order valence-electron chi connectivity index (χ3n) is 6.39. The average molecular weight is 531 g/mol. The lowest BCUT2D eigenvalue weighted by Gasteiger charge is -2.24. The van der Waals surface area contributed by atoms with Crippen LogP contribution >= 0.6 is 23.2 Å². The lowest BCUT2D eigenvalue weighted by Crippen LogP contribution is -2.41. The fourth-order valence-electron chi connectivity index (χ4n) is 4.44. The van der Waals surface area contributed by atoms with Crippen LogP contribution in [0.15, 0.2) is 46.8 Å². The highest BCUT2D eigenvalue weighted by Gasteiger charge is 2.36. The molecule has 1 saturated carbocycles. The number of carbonyl (C=O) groups is 1. The van der Waals surface area contributed by atoms with Gasteiger partial charge in [-0.25, -0.2) is 10.8 Å². The van der Waals surface area contributed by atoms with Gasteiger partial charge in [0.05, 0.1) is 22.3 Å². The predicted molar refractivity (Wildman–Crippen MR) is 136 cm³/mol. The summed E-state index contributed by atoms with van der Waals surface area (Å²) in [6.45, 7) is 0.0966. The van der Waals surface area contributed by atoms with Crippen LogP contribution in [0, 0.1) is 4.91 Å². The Balaban J connectivity index is 1.62. The fraction of sp³-hybridized carbons (Fsp3) is 0.391. The standard InChI is InChI=1S/C23H24Cl2N8O3/c24-16-6-3-5-15(19(16)25)14-36-18-7-4-11-32-20(17(13-28-31-26)29-21(18)32)22(34)33(27)12-10-23(30-35)8-1-2-9-23/h3-7,11H,1-2,8-10,12-14,27H2. The molecule has 2 N–H and O–H groups in total. The van der Waals surface area contributed by atoms with Gasteiger partial charge in [-0.05, 0) is 43.0 Å². The smallest absolute Gasteiger partial charge is 0.286 e. The number of fused-ring (bicyclic) bond motifs is 1. The summed E-state index contributed by atoms with van der Waals surface area (Å²) in [6, 6.07) is 8.64. The van der Waals surface area contributed by atoms with Gasteiger partial charge in [-0.15, -0.1) is 0 Å². The Hall–Kier alpha value is -3.37. The molecule has 1 amide bonds. The van der Waals surface area contributed by atoms with Crippen molar-refractivity contribution in [3.63, 3.8) is 0 Å². The predicted octanol–water partition coefficient (Wildman–Crippen LogP) is 5.82. The maximum atomic E-state index is 13.4. The molecular weight excluding hydrogens is 507 g/mol. The number of carbonyl (C=O) groups excluding carboxylic acids is 1. The number of hydrogen-bond acceptors (Lipinski definition) is 7. The Morgan fingerprint density at radius 1 is 1.28 bits per heavy atom. The molecule has 1 fully saturated rings. The van der Waals surface area contributed by atoms with Crippen molar-refractivity contribution in [2.45, 2.75) is 50.8 Å². The van der Waals surface area contributed by atoms with Gasteiger partial charge in [-0.1, -0.05) is 58.5 Å². The fourth-order valence-corrected chi connectivity index (χ4v) is 4.81. The van der Waals surface area contributed by atoms with Gasteiger partial charge in [0.25, 0.3) is 5.91 Å². The minimum absolute atomic E-state index is 0.116. The van der Waals surface area contributed by atoms with E-state index in [1.807, 2.05) is 0 Å². The summed E-state index contributed by atoms with van der Waals surface area (Å²) in [5, 5.41) is 8.77. The molecule has 1 aliphatic rings. The number of rotatable bonds is 10. The number of ether oxygens (including phenoxy) is 1. The lowest BCUT2D eigenvalue weighted by molar-refractivity contribution is 0.0734. The van der Waals surface area contributed by atoms with Gasteiger partial charge < -0.3 is 4.74 Å². The molecule has 0 atom stereocenters. The normalized spacial score (nSPS) is 14.4. The summed E-state index contributed by atoms with van der Waals surface area (Å²) in [5.41, 5.74) is 9.56. The molecular formula is C23H24Cl2N8O3. The van der Waals surface area contributed by atoms with E-state index in [0.717, 1.165) is 17.9 Å². The molecule has 4 rings (SSSR count). The highest BCUT2D eigenvalue weighted by atomic mass is 35.5. The van der Waals surface area contributed by atoms with Crippen molar-refractivity contribution in [2.24, 2.45) is 16.1 Å². The highest BCUT2D eigenvalue weighted by Crippen LogP contribution is 2.36. The Morgan fingerprint density at radius 3 is 2.78 bits per heavy atom. The molecule has 0 spiro atoms. The molecule has 36 heavy (non-hydrogen) atoms. The Morgan fingerprint density at radius 2 is 2.06 bits per heavy atom. The van der Waals surface area contributed by atoms with Crippen LogP contribution < -0.4 is 10.6 Å². The van der Waals surface area contributed by atoms with Crippen LogP contribution in [-0.2, 0) is 13.2 Å². The van der Waals surface area contributed by atoms with Crippen molar-refractivity contribution >= 4 is 34.8 Å². The van der Waals surface area contributed by atoms with Crippen molar-refractivity contribution in [3.05, 3.63) is 78.9 Å². The number of amides is 1. The van der Waals surface area contributed by atoms with E-state index in [4.69, 9.17) is 39.3 Å². The van der Waals surface area contributed by atoms with E-state index in [1.54, 1.807) is 40.9 Å². The van der Waals surface area contributed by atoms with Gasteiger partial charge in [-0.3, -0.25) is 14.2 Å². The molecule has 2 aromatic heterocycles. The van der Waals surface area contributed by atoms with E-state index in [-0.39, 0.29) is 31.1 Å². The van der Waals surface area contributed by atoms with E-state index < -0.39 is 11.4 Å². The monoisotopic (exact) mass is 530 g/mol. The van der Waals surface area contributed by atoms with Crippen LogP contribution in [0.4, 0.5) is 0 Å². The van der Waals surface area contributed by atoms with Crippen LogP contribution in [0.3, 0.4) is 0 Å². The van der Waals surface area contributed by atoms with Gasteiger partial charge in [0, 0.05) is 23.2 Å². The van der Waals surface area contributed by atoms with Gasteiger partial charge >= 0.3 is 0 Å². The van der Waals surface area contributed by atoms with Gasteiger partial charge in [0.1, 0.15) is 17.8 Å². The molecule has 0 radical (unpaired) electrons. The number of imidazole rings is 1. The molecule has 3 aromatic rings. The lowest BCUT2D eigenvalue weighted by atomic mass is 9.94. The molecule has 188 valence electrons. The second kappa shape index (κ2) is 11.1. The van der Waals surface area contributed by atoms with E-state index in [0.29, 0.717) is 46.3 Å². The number of nitrogens with two attached hydrogens (primary N) is 1. The van der Waals surface area contributed by atoms with Crippen LogP contribution in [0.25, 0.3) is 16.1 Å². The maximum absolute atomic E-state index is 13.4. The van der Waals surface area contributed by atoms with Crippen LogP contribution in [-0.4, -0.2) is 32.4 Å². The Labute approximate surface area is 216 Å². The van der Waals surface area contributed by atoms with Crippen molar-refractivity contribution in [1.29, 1.82) is 0 Å². The molecule has 1 aromatic carbocycles. The van der Waals surface area contributed by atoms with Crippen LogP contribution in [0.2, 0.25) is 10.0 Å². The molecule has 0 unspecified atom stereocenters. The third-order valence-corrected chi connectivity index (χ3v) is 7.25. The number of nitroso groups, excluding NO2 is 1. The van der Waals surface area contributed by atoms with Crippen LogP contribution in [0.5, 0.6) is 5.75 Å². The number of azide groups is 1. The molecule has 0 aliphatic heterocycles. The zero-order chi connectivity index (χ0) is 25.7. The second-order valence-electron chi connectivity index (χ2n) is 8.64. The maximum Gasteiger partial charge on any atom is 0.286 e. The molecule has 2 heterocycles. The number of halogens is 2. The first kappa shape index (κ1) is 25.7. The Bertz CT molecular complexity index is 1330. The highest BCUT2D eigenvalue weighted by molar-refractivity contribution is 6.42. The largest absolute Gasteiger partial charge is 0.485 e. The number of hydrazine groups is 1. The summed E-state index contributed by atoms with van der Waals surface area (Å²) in [7, 11) is 0. The SMILES string of the molecule is [N-]=[N+]=NCc1nc2c(OCc3cccc(Cl)c3Cl)cccn2c1C(=O)N(N)CCC1(N=O)CCCC1. The van der Waals surface area contributed by atoms with E-state index in [1.165, 1.54) is 0 Å². The van der Waals surface area contributed by atoms with E-state index >= 15 is 0 Å². The average Bonchev–Trinajstić information content (AvgIpc) is 3.52. The first-order valence-corrected chi connectivity index (χ1v) is 12.1. The molecule has 0 saturated heterocycles. The van der Waals surface area contributed by atoms with Crippen molar-refractivity contribution in [3.8, 4) is 5.75 Å². The summed E-state index contributed by atoms with van der Waals surface area (Å²) in [5.74, 6) is 5.98. The minimum atomic E-state index is -0.687. The minimum Gasteiger partial charge on any atom is -0.485 e.